The molecule has 0 aliphatic carbocycles. The maximum Gasteiger partial charge on any atom is 0.320 e. The third-order valence-electron chi connectivity index (χ3n) is 3.35. The van der Waals surface area contributed by atoms with E-state index in [9.17, 15) is 14.7 Å². The minimum Gasteiger partial charge on any atom is -0.480 e. The van der Waals surface area contributed by atoms with Crippen molar-refractivity contribution in [3.63, 3.8) is 0 Å². The summed E-state index contributed by atoms with van der Waals surface area (Å²) in [5.74, 6) is -1.11. The van der Waals surface area contributed by atoms with Crippen LogP contribution in [0.4, 0.5) is 0 Å². The topological polar surface area (TPSA) is 89.9 Å². The molecule has 0 aliphatic rings. The summed E-state index contributed by atoms with van der Waals surface area (Å²) >= 11 is 0. The molecule has 0 rings (SSSR count). The Bertz CT molecular complexity index is 356. The number of carbonyl (C=O) groups is 2. The van der Waals surface area contributed by atoms with Crippen molar-refractivity contribution in [3.8, 4) is 0 Å². The van der Waals surface area contributed by atoms with Crippen LogP contribution >= 0.6 is 0 Å². The molecular weight excluding hydrogens is 284 g/mol. The number of aliphatic hydroxyl groups excluding tert-OH is 1. The predicted octanol–water partition coefficient (Wildman–Crippen LogP) is 1.39. The van der Waals surface area contributed by atoms with E-state index in [1.165, 1.54) is 6.08 Å². The predicted molar refractivity (Wildman–Crippen MR) is 86.6 cm³/mol. The zero-order valence-electron chi connectivity index (χ0n) is 13.9. The number of aliphatic carboxylic acids is 1. The van der Waals surface area contributed by atoms with Crippen LogP contribution in [0.15, 0.2) is 12.2 Å². The van der Waals surface area contributed by atoms with Gasteiger partial charge in [-0.3, -0.25) is 14.5 Å². The van der Waals surface area contributed by atoms with Gasteiger partial charge in [-0.1, -0.05) is 25.8 Å². The number of nitrogens with zero attached hydrogens (tertiary/aromatic N) is 1. The zero-order chi connectivity index (χ0) is 17.0. The van der Waals surface area contributed by atoms with E-state index in [4.69, 9.17) is 5.11 Å². The van der Waals surface area contributed by atoms with Gasteiger partial charge < -0.3 is 15.5 Å². The minimum absolute atomic E-state index is 0.170. The van der Waals surface area contributed by atoms with Gasteiger partial charge in [-0.25, -0.2) is 0 Å². The van der Waals surface area contributed by atoms with Crippen LogP contribution in [0.2, 0.25) is 0 Å². The van der Waals surface area contributed by atoms with Gasteiger partial charge in [-0.2, -0.15) is 0 Å². The standard InChI is InChI=1S/C16H30N2O4/c1-4-5-6-7-8-9-15(20)17-10-11-18(12-13(2)19)14(3)16(21)22/h8-9,13-14,19H,4-7,10-12H2,1-3H3,(H,17,20)(H,21,22)/b9-8+. The molecule has 2 unspecified atom stereocenters. The van der Waals surface area contributed by atoms with Crippen molar-refractivity contribution in [1.82, 2.24) is 10.2 Å². The van der Waals surface area contributed by atoms with Gasteiger partial charge in [0.1, 0.15) is 6.04 Å². The second-order valence-electron chi connectivity index (χ2n) is 5.55. The van der Waals surface area contributed by atoms with Gasteiger partial charge in [0.2, 0.25) is 5.91 Å². The van der Waals surface area contributed by atoms with Crippen molar-refractivity contribution in [3.05, 3.63) is 12.2 Å². The fourth-order valence-electron chi connectivity index (χ4n) is 2.02. The molecule has 0 spiro atoms. The highest BCUT2D eigenvalue weighted by Gasteiger charge is 2.21. The van der Waals surface area contributed by atoms with E-state index in [-0.39, 0.29) is 12.5 Å². The number of carbonyl (C=O) groups excluding carboxylic acids is 1. The molecule has 0 saturated heterocycles. The zero-order valence-corrected chi connectivity index (χ0v) is 13.9. The van der Waals surface area contributed by atoms with Gasteiger partial charge in [0.05, 0.1) is 6.10 Å². The number of rotatable bonds is 12. The summed E-state index contributed by atoms with van der Waals surface area (Å²) in [6.45, 7) is 6.30. The van der Waals surface area contributed by atoms with Gasteiger partial charge in [-0.05, 0) is 32.8 Å². The Balaban J connectivity index is 4.10. The van der Waals surface area contributed by atoms with Crippen molar-refractivity contribution in [2.24, 2.45) is 0 Å². The molecule has 128 valence electrons. The average molecular weight is 314 g/mol. The SMILES string of the molecule is CCCCC/C=C/C(=O)NCCN(CC(C)O)C(C)C(=O)O. The molecule has 6 heteroatoms. The number of hydrogen-bond donors (Lipinski definition) is 3. The molecule has 22 heavy (non-hydrogen) atoms. The molecule has 0 heterocycles. The number of aliphatic hydroxyl groups is 1. The molecule has 3 N–H and O–H groups in total. The second kappa shape index (κ2) is 12.2. The van der Waals surface area contributed by atoms with E-state index >= 15 is 0 Å². The molecule has 1 amide bonds. The molecule has 0 fully saturated rings. The van der Waals surface area contributed by atoms with Crippen LogP contribution < -0.4 is 5.32 Å². The smallest absolute Gasteiger partial charge is 0.320 e. The summed E-state index contributed by atoms with van der Waals surface area (Å²) in [5.41, 5.74) is 0. The Morgan fingerprint density at radius 1 is 1.27 bits per heavy atom. The highest BCUT2D eigenvalue weighted by molar-refractivity contribution is 5.87. The first-order valence-electron chi connectivity index (χ1n) is 7.97. The number of carboxylic acids is 1. The Morgan fingerprint density at radius 2 is 1.95 bits per heavy atom. The molecule has 2 atom stereocenters. The van der Waals surface area contributed by atoms with Crippen LogP contribution in [-0.4, -0.2) is 58.8 Å². The fourth-order valence-corrected chi connectivity index (χ4v) is 2.02. The summed E-state index contributed by atoms with van der Waals surface area (Å²) in [7, 11) is 0. The first kappa shape index (κ1) is 20.6. The van der Waals surface area contributed by atoms with Crippen LogP contribution in [0, 0.1) is 0 Å². The lowest BCUT2D eigenvalue weighted by Gasteiger charge is -2.27. The van der Waals surface area contributed by atoms with E-state index in [1.807, 2.05) is 6.08 Å². The number of unbranched alkanes of at least 4 members (excludes halogenated alkanes) is 3. The van der Waals surface area contributed by atoms with Crippen LogP contribution in [-0.2, 0) is 9.59 Å². The van der Waals surface area contributed by atoms with Crippen molar-refractivity contribution < 1.29 is 19.8 Å². The normalized spacial score (nSPS) is 14.2. The molecular formula is C16H30N2O4. The van der Waals surface area contributed by atoms with E-state index in [0.717, 1.165) is 25.7 Å². The van der Waals surface area contributed by atoms with Crippen molar-refractivity contribution in [2.75, 3.05) is 19.6 Å². The first-order chi connectivity index (χ1) is 10.4. The molecule has 0 aromatic rings. The average Bonchev–Trinajstić information content (AvgIpc) is 2.44. The van der Waals surface area contributed by atoms with Gasteiger partial charge in [0.25, 0.3) is 0 Å². The Hall–Kier alpha value is -1.40. The molecule has 0 saturated carbocycles. The summed E-state index contributed by atoms with van der Waals surface area (Å²) in [6, 6.07) is -0.698. The maximum absolute atomic E-state index is 11.6. The third-order valence-corrected chi connectivity index (χ3v) is 3.35. The van der Waals surface area contributed by atoms with Crippen LogP contribution in [0.1, 0.15) is 46.5 Å². The van der Waals surface area contributed by atoms with Gasteiger partial charge in [-0.15, -0.1) is 0 Å². The summed E-state index contributed by atoms with van der Waals surface area (Å²) in [5, 5.41) is 21.2. The minimum atomic E-state index is -0.942. The van der Waals surface area contributed by atoms with Crippen LogP contribution in [0.5, 0.6) is 0 Å². The van der Waals surface area contributed by atoms with E-state index in [2.05, 4.69) is 12.2 Å². The molecule has 0 radical (unpaired) electrons. The Morgan fingerprint density at radius 3 is 2.50 bits per heavy atom. The summed E-state index contributed by atoms with van der Waals surface area (Å²) < 4.78 is 0. The summed E-state index contributed by atoms with van der Waals surface area (Å²) in [6.07, 6.45) is 7.06. The number of allylic oxidation sites excluding steroid dienone is 1. The number of amides is 1. The van der Waals surface area contributed by atoms with Crippen LogP contribution in [0.25, 0.3) is 0 Å². The lowest BCUT2D eigenvalue weighted by atomic mass is 10.2. The quantitative estimate of drug-likeness (QED) is 0.374. The number of hydrogen-bond acceptors (Lipinski definition) is 4. The van der Waals surface area contributed by atoms with E-state index in [1.54, 1.807) is 18.7 Å². The van der Waals surface area contributed by atoms with Crippen molar-refractivity contribution in [2.45, 2.75) is 58.6 Å². The highest BCUT2D eigenvalue weighted by atomic mass is 16.4. The fraction of sp³-hybridized carbons (Fsp3) is 0.750. The van der Waals surface area contributed by atoms with Crippen molar-refractivity contribution >= 4 is 11.9 Å². The van der Waals surface area contributed by atoms with E-state index in [0.29, 0.717) is 13.1 Å². The second-order valence-corrected chi connectivity index (χ2v) is 5.55. The Kier molecular flexibility index (Phi) is 11.4. The number of carboxylic acid groups (broad SMARTS) is 1. The van der Waals surface area contributed by atoms with Gasteiger partial charge in [0, 0.05) is 19.6 Å². The number of nitrogens with one attached hydrogen (secondary N) is 1. The molecule has 6 nitrogen and oxygen atoms in total. The van der Waals surface area contributed by atoms with Gasteiger partial charge >= 0.3 is 5.97 Å². The Labute approximate surface area is 133 Å². The monoisotopic (exact) mass is 314 g/mol. The highest BCUT2D eigenvalue weighted by Crippen LogP contribution is 2.01. The first-order valence-corrected chi connectivity index (χ1v) is 7.97. The molecule has 0 aromatic carbocycles. The van der Waals surface area contributed by atoms with E-state index < -0.39 is 18.1 Å². The van der Waals surface area contributed by atoms with Gasteiger partial charge in [0.15, 0.2) is 0 Å². The molecule has 0 aliphatic heterocycles. The van der Waals surface area contributed by atoms with Crippen LogP contribution in [0.3, 0.4) is 0 Å². The molecule has 0 bridgehead atoms. The van der Waals surface area contributed by atoms with Crippen molar-refractivity contribution in [1.29, 1.82) is 0 Å². The summed E-state index contributed by atoms with van der Waals surface area (Å²) in [4.78, 5) is 24.3. The maximum atomic E-state index is 11.6. The largest absolute Gasteiger partial charge is 0.480 e. The lowest BCUT2D eigenvalue weighted by Crippen LogP contribution is -2.46. The lowest BCUT2D eigenvalue weighted by molar-refractivity contribution is -0.143. The third kappa shape index (κ3) is 10.3. The molecule has 0 aromatic heterocycles.